The second-order valence-corrected chi connectivity index (χ2v) is 5.76. The number of benzene rings is 1. The Labute approximate surface area is 112 Å². The van der Waals surface area contributed by atoms with Crippen molar-refractivity contribution in [3.05, 3.63) is 29.6 Å². The average Bonchev–Trinajstić information content (AvgIpc) is 3.22. The summed E-state index contributed by atoms with van der Waals surface area (Å²) < 4.78 is 13.0. The molecule has 102 valence electrons. The van der Waals surface area contributed by atoms with Crippen LogP contribution in [-0.2, 0) is 0 Å². The number of hydrogen-bond donors (Lipinski definition) is 1. The number of aromatic hydroxyl groups is 1. The molecule has 3 rings (SSSR count). The fourth-order valence-electron chi connectivity index (χ4n) is 2.32. The first-order valence-corrected chi connectivity index (χ1v) is 6.91. The van der Waals surface area contributed by atoms with Gasteiger partial charge in [0.15, 0.2) is 0 Å². The van der Waals surface area contributed by atoms with Gasteiger partial charge in [-0.25, -0.2) is 4.39 Å². The van der Waals surface area contributed by atoms with Crippen LogP contribution in [0.3, 0.4) is 0 Å². The Morgan fingerprint density at radius 2 is 1.79 bits per heavy atom. The van der Waals surface area contributed by atoms with Gasteiger partial charge < -0.3 is 10.0 Å². The predicted octanol–water partition coefficient (Wildman–Crippen LogP) is 2.79. The molecule has 0 radical (unpaired) electrons. The number of nitrogens with zero attached hydrogens (tertiary/aromatic N) is 1. The molecule has 4 heteroatoms. The van der Waals surface area contributed by atoms with Gasteiger partial charge in [0.05, 0.1) is 5.56 Å². The molecule has 2 saturated carbocycles. The predicted molar refractivity (Wildman–Crippen MR) is 69.4 cm³/mol. The van der Waals surface area contributed by atoms with Gasteiger partial charge in [0, 0.05) is 19.2 Å². The number of rotatable bonds is 5. The molecule has 1 amide bonds. The van der Waals surface area contributed by atoms with Crippen LogP contribution in [0.2, 0.25) is 0 Å². The molecule has 2 aliphatic carbocycles. The molecule has 0 aliphatic heterocycles. The first-order chi connectivity index (χ1) is 9.13. The standard InChI is InChI=1S/C15H18FNO2/c16-12-5-6-13(14(18)7-12)15(19)17(8-10-1-2-10)9-11-3-4-11/h5-7,10-11,18H,1-4,8-9H2. The van der Waals surface area contributed by atoms with Crippen molar-refractivity contribution in [3.8, 4) is 5.75 Å². The van der Waals surface area contributed by atoms with Crippen LogP contribution in [0.4, 0.5) is 4.39 Å². The molecule has 1 aromatic rings. The Balaban J connectivity index is 1.76. The third kappa shape index (κ3) is 3.06. The minimum absolute atomic E-state index is 0.170. The molecular formula is C15H18FNO2. The molecule has 2 fully saturated rings. The van der Waals surface area contributed by atoms with Gasteiger partial charge in [-0.3, -0.25) is 4.79 Å². The monoisotopic (exact) mass is 263 g/mol. The number of hydrogen-bond acceptors (Lipinski definition) is 2. The number of phenolic OH excluding ortho intramolecular Hbond substituents is 1. The summed E-state index contributed by atoms with van der Waals surface area (Å²) in [5.74, 6) is 0.276. The molecule has 2 aliphatic rings. The quantitative estimate of drug-likeness (QED) is 0.887. The van der Waals surface area contributed by atoms with Gasteiger partial charge in [0.2, 0.25) is 0 Å². The summed E-state index contributed by atoms with van der Waals surface area (Å²) in [5.41, 5.74) is 0.211. The smallest absolute Gasteiger partial charge is 0.257 e. The Hall–Kier alpha value is -1.58. The minimum atomic E-state index is -0.523. The lowest BCUT2D eigenvalue weighted by atomic mass is 10.1. The van der Waals surface area contributed by atoms with Crippen LogP contribution >= 0.6 is 0 Å². The van der Waals surface area contributed by atoms with Crippen LogP contribution in [0.5, 0.6) is 5.75 Å². The maximum atomic E-state index is 13.0. The van der Waals surface area contributed by atoms with Crippen LogP contribution in [0.1, 0.15) is 36.0 Å². The van der Waals surface area contributed by atoms with Gasteiger partial charge in [-0.05, 0) is 49.7 Å². The molecular weight excluding hydrogens is 245 g/mol. The van der Waals surface area contributed by atoms with E-state index < -0.39 is 5.82 Å². The second kappa shape index (κ2) is 4.83. The summed E-state index contributed by atoms with van der Waals surface area (Å²) in [6.07, 6.45) is 4.74. The van der Waals surface area contributed by atoms with E-state index in [0.717, 1.165) is 19.2 Å². The van der Waals surface area contributed by atoms with Crippen LogP contribution < -0.4 is 0 Å². The van der Waals surface area contributed by atoms with Gasteiger partial charge in [-0.2, -0.15) is 0 Å². The molecule has 0 unspecified atom stereocenters. The van der Waals surface area contributed by atoms with Crippen molar-refractivity contribution in [1.82, 2.24) is 4.90 Å². The number of phenols is 1. The van der Waals surface area contributed by atoms with Crippen molar-refractivity contribution in [1.29, 1.82) is 0 Å². The molecule has 0 spiro atoms. The van der Waals surface area contributed by atoms with Crippen molar-refractivity contribution in [3.63, 3.8) is 0 Å². The molecule has 0 heterocycles. The Morgan fingerprint density at radius 3 is 2.26 bits per heavy atom. The zero-order valence-electron chi connectivity index (χ0n) is 10.8. The molecule has 1 N–H and O–H groups in total. The Kier molecular flexibility index (Phi) is 3.17. The zero-order valence-corrected chi connectivity index (χ0v) is 10.8. The van der Waals surface area contributed by atoms with Gasteiger partial charge in [0.25, 0.3) is 5.91 Å². The summed E-state index contributed by atoms with van der Waals surface area (Å²) in [7, 11) is 0. The maximum Gasteiger partial charge on any atom is 0.257 e. The fraction of sp³-hybridized carbons (Fsp3) is 0.533. The Morgan fingerprint density at radius 1 is 1.21 bits per heavy atom. The lowest BCUT2D eigenvalue weighted by Gasteiger charge is -2.23. The second-order valence-electron chi connectivity index (χ2n) is 5.76. The van der Waals surface area contributed by atoms with E-state index in [0.29, 0.717) is 11.8 Å². The summed E-state index contributed by atoms with van der Waals surface area (Å²) in [6, 6.07) is 3.60. The molecule has 0 saturated heterocycles. The number of carbonyl (C=O) groups excluding carboxylic acids is 1. The van der Waals surface area contributed by atoms with Crippen molar-refractivity contribution in [2.24, 2.45) is 11.8 Å². The van der Waals surface area contributed by atoms with Crippen LogP contribution in [0.25, 0.3) is 0 Å². The molecule has 0 atom stereocenters. The highest BCUT2D eigenvalue weighted by atomic mass is 19.1. The van der Waals surface area contributed by atoms with Gasteiger partial charge in [-0.15, -0.1) is 0 Å². The SMILES string of the molecule is O=C(c1ccc(F)cc1O)N(CC1CC1)CC1CC1. The number of carbonyl (C=O) groups is 1. The first-order valence-electron chi connectivity index (χ1n) is 6.91. The maximum absolute atomic E-state index is 13.0. The van der Waals surface area contributed by atoms with E-state index in [4.69, 9.17) is 0 Å². The number of amides is 1. The Bertz CT molecular complexity index is 481. The van der Waals surface area contributed by atoms with Crippen LogP contribution in [-0.4, -0.2) is 29.0 Å². The molecule has 1 aromatic carbocycles. The van der Waals surface area contributed by atoms with Crippen LogP contribution in [0.15, 0.2) is 18.2 Å². The summed E-state index contributed by atoms with van der Waals surface area (Å²) in [4.78, 5) is 14.3. The van der Waals surface area contributed by atoms with Crippen molar-refractivity contribution < 1.29 is 14.3 Å². The van der Waals surface area contributed by atoms with Crippen molar-refractivity contribution >= 4 is 5.91 Å². The van der Waals surface area contributed by atoms with E-state index >= 15 is 0 Å². The van der Waals surface area contributed by atoms with Gasteiger partial charge in [0.1, 0.15) is 11.6 Å². The fourth-order valence-corrected chi connectivity index (χ4v) is 2.32. The van der Waals surface area contributed by atoms with E-state index in [1.165, 1.54) is 37.8 Å². The zero-order chi connectivity index (χ0) is 13.4. The van der Waals surface area contributed by atoms with Gasteiger partial charge in [-0.1, -0.05) is 0 Å². The van der Waals surface area contributed by atoms with E-state index in [-0.39, 0.29) is 17.2 Å². The molecule has 3 nitrogen and oxygen atoms in total. The highest BCUT2D eigenvalue weighted by Gasteiger charge is 2.32. The van der Waals surface area contributed by atoms with Crippen LogP contribution in [0, 0.1) is 17.7 Å². The first kappa shape index (κ1) is 12.5. The van der Waals surface area contributed by atoms with Crippen molar-refractivity contribution in [2.45, 2.75) is 25.7 Å². The molecule has 19 heavy (non-hydrogen) atoms. The number of halogens is 1. The largest absolute Gasteiger partial charge is 0.507 e. The highest BCUT2D eigenvalue weighted by Crippen LogP contribution is 2.34. The summed E-state index contributed by atoms with van der Waals surface area (Å²) >= 11 is 0. The molecule has 0 aromatic heterocycles. The molecule has 0 bridgehead atoms. The lowest BCUT2D eigenvalue weighted by Crippen LogP contribution is -2.34. The van der Waals surface area contributed by atoms with E-state index in [2.05, 4.69) is 0 Å². The van der Waals surface area contributed by atoms with Crippen molar-refractivity contribution in [2.75, 3.05) is 13.1 Å². The normalized spacial score (nSPS) is 18.4. The van der Waals surface area contributed by atoms with E-state index in [1.54, 1.807) is 0 Å². The topological polar surface area (TPSA) is 40.5 Å². The summed E-state index contributed by atoms with van der Waals surface area (Å²) in [5, 5.41) is 9.72. The minimum Gasteiger partial charge on any atom is -0.507 e. The third-order valence-electron chi connectivity index (χ3n) is 3.83. The lowest BCUT2D eigenvalue weighted by molar-refractivity contribution is 0.0736. The average molecular weight is 263 g/mol. The highest BCUT2D eigenvalue weighted by molar-refractivity contribution is 5.96. The van der Waals surface area contributed by atoms with Gasteiger partial charge >= 0.3 is 0 Å². The van der Waals surface area contributed by atoms with E-state index in [9.17, 15) is 14.3 Å². The van der Waals surface area contributed by atoms with E-state index in [1.807, 2.05) is 4.90 Å². The third-order valence-corrected chi connectivity index (χ3v) is 3.83. The summed E-state index contributed by atoms with van der Waals surface area (Å²) in [6.45, 7) is 1.54.